The third-order valence-electron chi connectivity index (χ3n) is 1.95. The highest BCUT2D eigenvalue weighted by atomic mass is 79.9. The highest BCUT2D eigenvalue weighted by Crippen LogP contribution is 2.34. The fourth-order valence-electron chi connectivity index (χ4n) is 1.30. The Hall–Kier alpha value is -0.250. The summed E-state index contributed by atoms with van der Waals surface area (Å²) in [7, 11) is 0. The van der Waals surface area contributed by atoms with Crippen LogP contribution in [0.4, 0.5) is 0 Å². The van der Waals surface area contributed by atoms with E-state index in [2.05, 4.69) is 57.9 Å². The van der Waals surface area contributed by atoms with Crippen LogP contribution >= 0.6 is 39.0 Å². The molecule has 0 bridgehead atoms. The Balaban J connectivity index is 2.53. The van der Waals surface area contributed by atoms with Crippen LogP contribution in [0.3, 0.4) is 0 Å². The third-order valence-corrected chi connectivity index (χ3v) is 4.12. The summed E-state index contributed by atoms with van der Waals surface area (Å²) in [5, 5.41) is 2.11. The zero-order chi connectivity index (χ0) is 9.97. The van der Waals surface area contributed by atoms with Gasteiger partial charge in [0, 0.05) is 19.8 Å². The largest absolute Gasteiger partial charge is 0.144 e. The van der Waals surface area contributed by atoms with Gasteiger partial charge in [-0.2, -0.15) is 0 Å². The highest BCUT2D eigenvalue weighted by molar-refractivity contribution is 9.10. The first kappa shape index (κ1) is 10.3. The van der Waals surface area contributed by atoms with Gasteiger partial charge in [0.15, 0.2) is 0 Å². The van der Waals surface area contributed by atoms with Crippen molar-refractivity contribution in [1.82, 2.24) is 0 Å². The second-order valence-corrected chi connectivity index (χ2v) is 5.53. The lowest BCUT2D eigenvalue weighted by molar-refractivity contribution is 1.44. The van der Waals surface area contributed by atoms with E-state index < -0.39 is 0 Å². The maximum atomic E-state index is 3.49. The molecule has 14 heavy (non-hydrogen) atoms. The van der Waals surface area contributed by atoms with Crippen molar-refractivity contribution in [2.24, 2.45) is 0 Å². The van der Waals surface area contributed by atoms with Gasteiger partial charge in [-0.25, -0.2) is 0 Å². The lowest BCUT2D eigenvalue weighted by Gasteiger charge is -2.05. The molecule has 72 valence electrons. The standard InChI is InChI=1S/C11H9BrS2/c1-13-11-7-8(12)4-5-9(11)10-3-2-6-14-10/h2-7H,1H3. The van der Waals surface area contributed by atoms with E-state index in [4.69, 9.17) is 0 Å². The van der Waals surface area contributed by atoms with Gasteiger partial charge in [-0.1, -0.05) is 28.1 Å². The molecule has 1 heterocycles. The van der Waals surface area contributed by atoms with E-state index in [1.165, 1.54) is 15.3 Å². The second-order valence-electron chi connectivity index (χ2n) is 2.82. The topological polar surface area (TPSA) is 0 Å². The summed E-state index contributed by atoms with van der Waals surface area (Å²) in [5.41, 5.74) is 1.33. The van der Waals surface area contributed by atoms with E-state index in [-0.39, 0.29) is 0 Å². The second kappa shape index (κ2) is 4.51. The van der Waals surface area contributed by atoms with Gasteiger partial charge in [0.05, 0.1) is 0 Å². The Morgan fingerprint density at radius 3 is 2.79 bits per heavy atom. The van der Waals surface area contributed by atoms with Gasteiger partial charge in [0.1, 0.15) is 0 Å². The van der Waals surface area contributed by atoms with E-state index >= 15 is 0 Å². The Morgan fingerprint density at radius 1 is 1.29 bits per heavy atom. The molecular formula is C11H9BrS2. The van der Waals surface area contributed by atoms with Crippen LogP contribution in [0.2, 0.25) is 0 Å². The summed E-state index contributed by atoms with van der Waals surface area (Å²) in [5.74, 6) is 0. The number of hydrogen-bond donors (Lipinski definition) is 0. The smallest absolute Gasteiger partial charge is 0.0353 e. The van der Waals surface area contributed by atoms with Gasteiger partial charge in [0.25, 0.3) is 0 Å². The quantitative estimate of drug-likeness (QED) is 0.707. The number of benzene rings is 1. The molecule has 0 aliphatic heterocycles. The fourth-order valence-corrected chi connectivity index (χ4v) is 3.29. The zero-order valence-electron chi connectivity index (χ0n) is 7.66. The van der Waals surface area contributed by atoms with E-state index in [0.29, 0.717) is 0 Å². The van der Waals surface area contributed by atoms with Gasteiger partial charge < -0.3 is 0 Å². The Kier molecular flexibility index (Phi) is 3.31. The van der Waals surface area contributed by atoms with Gasteiger partial charge in [-0.3, -0.25) is 0 Å². The monoisotopic (exact) mass is 284 g/mol. The molecule has 0 saturated heterocycles. The van der Waals surface area contributed by atoms with Crippen LogP contribution in [0, 0.1) is 0 Å². The van der Waals surface area contributed by atoms with Crippen molar-refractivity contribution < 1.29 is 0 Å². The molecule has 2 rings (SSSR count). The van der Waals surface area contributed by atoms with Crippen LogP contribution in [0.15, 0.2) is 45.1 Å². The van der Waals surface area contributed by atoms with E-state index in [0.717, 1.165) is 4.47 Å². The van der Waals surface area contributed by atoms with Crippen molar-refractivity contribution in [3.05, 3.63) is 40.2 Å². The van der Waals surface area contributed by atoms with Crippen molar-refractivity contribution in [2.75, 3.05) is 6.26 Å². The first-order valence-corrected chi connectivity index (χ1v) is 7.08. The molecule has 1 aromatic carbocycles. The van der Waals surface area contributed by atoms with Crippen molar-refractivity contribution >= 4 is 39.0 Å². The van der Waals surface area contributed by atoms with Crippen molar-refractivity contribution in [3.63, 3.8) is 0 Å². The SMILES string of the molecule is CSc1cc(Br)ccc1-c1cccs1. The normalized spacial score (nSPS) is 10.4. The molecule has 0 atom stereocenters. The van der Waals surface area contributed by atoms with E-state index in [9.17, 15) is 0 Å². The Morgan fingerprint density at radius 2 is 2.14 bits per heavy atom. The van der Waals surface area contributed by atoms with Crippen LogP contribution in [0.1, 0.15) is 0 Å². The summed E-state index contributed by atoms with van der Waals surface area (Å²) in [4.78, 5) is 2.66. The van der Waals surface area contributed by atoms with Gasteiger partial charge >= 0.3 is 0 Å². The zero-order valence-corrected chi connectivity index (χ0v) is 10.9. The summed E-state index contributed by atoms with van der Waals surface area (Å²) in [6.45, 7) is 0. The highest BCUT2D eigenvalue weighted by Gasteiger charge is 2.05. The Labute approximate surface area is 100 Å². The fraction of sp³-hybridized carbons (Fsp3) is 0.0909. The number of halogens is 1. The van der Waals surface area contributed by atoms with Crippen molar-refractivity contribution in [2.45, 2.75) is 4.90 Å². The lowest BCUT2D eigenvalue weighted by Crippen LogP contribution is -1.78. The van der Waals surface area contributed by atoms with Gasteiger partial charge in [0.2, 0.25) is 0 Å². The molecule has 0 unspecified atom stereocenters. The molecule has 0 spiro atoms. The number of rotatable bonds is 2. The van der Waals surface area contributed by atoms with Crippen molar-refractivity contribution in [1.29, 1.82) is 0 Å². The summed E-state index contributed by atoms with van der Waals surface area (Å²) < 4.78 is 1.14. The van der Waals surface area contributed by atoms with E-state index in [1.54, 1.807) is 23.1 Å². The predicted octanol–water partition coefficient (Wildman–Crippen LogP) is 4.90. The minimum absolute atomic E-state index is 1.14. The van der Waals surface area contributed by atoms with Crippen LogP contribution in [0.25, 0.3) is 10.4 Å². The average molecular weight is 285 g/mol. The van der Waals surface area contributed by atoms with Crippen molar-refractivity contribution in [3.8, 4) is 10.4 Å². The first-order chi connectivity index (χ1) is 6.81. The third kappa shape index (κ3) is 2.05. The van der Waals surface area contributed by atoms with Gasteiger partial charge in [-0.05, 0) is 29.8 Å². The number of thioether (sulfide) groups is 1. The first-order valence-electron chi connectivity index (χ1n) is 4.18. The molecule has 0 aliphatic rings. The summed E-state index contributed by atoms with van der Waals surface area (Å²) in [6.07, 6.45) is 2.11. The summed E-state index contributed by atoms with van der Waals surface area (Å²) >= 11 is 7.06. The molecule has 0 aliphatic carbocycles. The van der Waals surface area contributed by atoms with E-state index in [1.807, 2.05) is 0 Å². The average Bonchev–Trinajstić information content (AvgIpc) is 2.70. The molecule has 2 aromatic rings. The molecule has 3 heteroatoms. The molecule has 0 nitrogen and oxygen atoms in total. The Bertz CT molecular complexity index is 421. The molecule has 0 radical (unpaired) electrons. The summed E-state index contributed by atoms with van der Waals surface area (Å²) in [6, 6.07) is 10.7. The number of thiophene rings is 1. The van der Waals surface area contributed by atoms with Crippen LogP contribution < -0.4 is 0 Å². The maximum absolute atomic E-state index is 3.49. The molecular weight excluding hydrogens is 276 g/mol. The molecule has 0 fully saturated rings. The van der Waals surface area contributed by atoms with Crippen LogP contribution in [0.5, 0.6) is 0 Å². The number of hydrogen-bond acceptors (Lipinski definition) is 2. The minimum atomic E-state index is 1.14. The molecule has 0 saturated carbocycles. The molecule has 0 N–H and O–H groups in total. The predicted molar refractivity (Wildman–Crippen MR) is 69.2 cm³/mol. The molecule has 1 aromatic heterocycles. The minimum Gasteiger partial charge on any atom is -0.144 e. The van der Waals surface area contributed by atoms with Gasteiger partial charge in [-0.15, -0.1) is 23.1 Å². The van der Waals surface area contributed by atoms with Crippen LogP contribution in [-0.4, -0.2) is 6.26 Å². The van der Waals surface area contributed by atoms with Crippen LogP contribution in [-0.2, 0) is 0 Å². The molecule has 0 amide bonds. The lowest BCUT2D eigenvalue weighted by atomic mass is 10.2. The maximum Gasteiger partial charge on any atom is 0.0353 e.